The minimum Gasteiger partial charge on any atom is -0.356 e. The lowest BCUT2D eigenvalue weighted by Gasteiger charge is -2.27. The Kier molecular flexibility index (Phi) is 5.51. The van der Waals surface area contributed by atoms with Crippen molar-refractivity contribution in [2.24, 2.45) is 0 Å². The zero-order valence-corrected chi connectivity index (χ0v) is 15.9. The summed E-state index contributed by atoms with van der Waals surface area (Å²) in [6, 6.07) is 8.29. The molecule has 1 N–H and O–H groups in total. The number of rotatable bonds is 6. The molecule has 2 aliphatic rings. The second kappa shape index (κ2) is 8.18. The van der Waals surface area contributed by atoms with Gasteiger partial charge in [0.05, 0.1) is 11.6 Å². The highest BCUT2D eigenvalue weighted by Crippen LogP contribution is 2.28. The van der Waals surface area contributed by atoms with Crippen LogP contribution in [0.2, 0.25) is 0 Å². The van der Waals surface area contributed by atoms with Crippen molar-refractivity contribution < 1.29 is 4.79 Å². The second-order valence-electron chi connectivity index (χ2n) is 7.05. The molecule has 2 aromatic heterocycles. The van der Waals surface area contributed by atoms with Crippen molar-refractivity contribution in [3.05, 3.63) is 46.3 Å². The number of thiophene rings is 1. The van der Waals surface area contributed by atoms with Crippen molar-refractivity contribution in [3.8, 4) is 0 Å². The van der Waals surface area contributed by atoms with Gasteiger partial charge in [-0.15, -0.1) is 11.3 Å². The van der Waals surface area contributed by atoms with Crippen LogP contribution in [0.15, 0.2) is 35.8 Å². The number of aromatic nitrogens is 1. The van der Waals surface area contributed by atoms with Crippen molar-refractivity contribution in [2.75, 3.05) is 37.6 Å². The molecule has 0 aliphatic carbocycles. The Labute approximate surface area is 159 Å². The maximum Gasteiger partial charge on any atom is 0.255 e. The molecule has 6 heteroatoms. The van der Waals surface area contributed by atoms with Gasteiger partial charge in [-0.3, -0.25) is 9.69 Å². The van der Waals surface area contributed by atoms with E-state index in [9.17, 15) is 4.79 Å². The molecule has 2 saturated heterocycles. The van der Waals surface area contributed by atoms with Gasteiger partial charge in [-0.1, -0.05) is 6.07 Å². The molecular weight excluding hydrogens is 344 g/mol. The molecule has 0 radical (unpaired) electrons. The van der Waals surface area contributed by atoms with Gasteiger partial charge in [-0.2, -0.15) is 0 Å². The quantitative estimate of drug-likeness (QED) is 0.847. The molecule has 2 aromatic rings. The van der Waals surface area contributed by atoms with Gasteiger partial charge in [0, 0.05) is 30.7 Å². The minimum absolute atomic E-state index is 0.0132. The van der Waals surface area contributed by atoms with E-state index in [1.165, 1.54) is 30.6 Å². The number of amides is 1. The number of carbonyl (C=O) groups excluding carboxylic acids is 1. The molecule has 4 heterocycles. The summed E-state index contributed by atoms with van der Waals surface area (Å²) in [6.45, 7) is 4.86. The van der Waals surface area contributed by atoms with Gasteiger partial charge in [0.25, 0.3) is 5.91 Å². The van der Waals surface area contributed by atoms with Crippen LogP contribution in [-0.2, 0) is 0 Å². The molecule has 4 rings (SSSR count). The SMILES string of the molecule is O=C(NCC(c1cccs1)N1CCCC1)c1cccnc1N1CCCC1. The van der Waals surface area contributed by atoms with Crippen LogP contribution in [0.5, 0.6) is 0 Å². The van der Waals surface area contributed by atoms with E-state index < -0.39 is 0 Å². The van der Waals surface area contributed by atoms with Crippen molar-refractivity contribution in [1.29, 1.82) is 0 Å². The van der Waals surface area contributed by atoms with Crippen LogP contribution in [0.3, 0.4) is 0 Å². The summed E-state index contributed by atoms with van der Waals surface area (Å²) in [4.78, 5) is 23.5. The Bertz CT molecular complexity index is 721. The number of anilines is 1. The third-order valence-electron chi connectivity index (χ3n) is 5.35. The van der Waals surface area contributed by atoms with Crippen LogP contribution >= 0.6 is 11.3 Å². The Hall–Kier alpha value is -1.92. The summed E-state index contributed by atoms with van der Waals surface area (Å²) in [5, 5.41) is 5.31. The van der Waals surface area contributed by atoms with Crippen LogP contribution in [-0.4, -0.2) is 48.5 Å². The van der Waals surface area contributed by atoms with E-state index in [4.69, 9.17) is 0 Å². The molecule has 1 unspecified atom stereocenters. The average molecular weight is 371 g/mol. The Balaban J connectivity index is 1.47. The smallest absolute Gasteiger partial charge is 0.255 e. The lowest BCUT2D eigenvalue weighted by Crippen LogP contribution is -2.37. The van der Waals surface area contributed by atoms with E-state index in [-0.39, 0.29) is 11.9 Å². The molecule has 0 saturated carbocycles. The number of likely N-dealkylation sites (tertiary alicyclic amines) is 1. The topological polar surface area (TPSA) is 48.5 Å². The molecule has 2 fully saturated rings. The van der Waals surface area contributed by atoms with Gasteiger partial charge in [-0.25, -0.2) is 4.98 Å². The molecule has 1 amide bonds. The first-order chi connectivity index (χ1) is 12.8. The highest BCUT2D eigenvalue weighted by molar-refractivity contribution is 7.10. The predicted octanol–water partition coefficient (Wildman–Crippen LogP) is 3.31. The van der Waals surface area contributed by atoms with Crippen molar-refractivity contribution >= 4 is 23.1 Å². The summed E-state index contributed by atoms with van der Waals surface area (Å²) < 4.78 is 0. The molecule has 5 nitrogen and oxygen atoms in total. The molecular formula is C20H26N4OS. The van der Waals surface area contributed by atoms with Crippen molar-refractivity contribution in [1.82, 2.24) is 15.2 Å². The zero-order valence-electron chi connectivity index (χ0n) is 15.1. The van der Waals surface area contributed by atoms with Crippen molar-refractivity contribution in [3.63, 3.8) is 0 Å². The molecule has 0 aromatic carbocycles. The van der Waals surface area contributed by atoms with Gasteiger partial charge >= 0.3 is 0 Å². The standard InChI is InChI=1S/C20H26N4OS/c25-20(16-7-5-9-21-19(16)24-12-3-4-13-24)22-15-17(18-8-6-14-26-18)23-10-1-2-11-23/h5-9,14,17H,1-4,10-13,15H2,(H,22,25). The Morgan fingerprint density at radius 1 is 1.12 bits per heavy atom. The molecule has 1 atom stereocenters. The summed E-state index contributed by atoms with van der Waals surface area (Å²) in [6.07, 6.45) is 6.62. The number of hydrogen-bond donors (Lipinski definition) is 1. The first-order valence-corrected chi connectivity index (χ1v) is 10.5. The zero-order chi connectivity index (χ0) is 17.8. The van der Waals surface area contributed by atoms with Crippen LogP contribution in [0.4, 0.5) is 5.82 Å². The molecule has 0 bridgehead atoms. The number of carbonyl (C=O) groups is 1. The van der Waals surface area contributed by atoms with E-state index in [2.05, 4.69) is 37.6 Å². The third-order valence-corrected chi connectivity index (χ3v) is 6.32. The summed E-state index contributed by atoms with van der Waals surface area (Å²) >= 11 is 1.78. The Morgan fingerprint density at radius 2 is 1.88 bits per heavy atom. The maximum absolute atomic E-state index is 12.9. The van der Waals surface area contributed by atoms with E-state index in [1.807, 2.05) is 12.1 Å². The highest BCUT2D eigenvalue weighted by Gasteiger charge is 2.26. The molecule has 0 spiro atoms. The van der Waals surface area contributed by atoms with Gasteiger partial charge in [0.2, 0.25) is 0 Å². The number of nitrogens with one attached hydrogen (secondary N) is 1. The van der Waals surface area contributed by atoms with E-state index >= 15 is 0 Å². The largest absolute Gasteiger partial charge is 0.356 e. The van der Waals surface area contributed by atoms with E-state index in [0.717, 1.165) is 32.0 Å². The van der Waals surface area contributed by atoms with Gasteiger partial charge in [0.15, 0.2) is 0 Å². The first kappa shape index (κ1) is 17.5. The normalized spacial score (nSPS) is 19.0. The van der Waals surface area contributed by atoms with Gasteiger partial charge < -0.3 is 10.2 Å². The fourth-order valence-corrected chi connectivity index (χ4v) is 4.84. The van der Waals surface area contributed by atoms with Crippen LogP contribution in [0.1, 0.15) is 47.0 Å². The van der Waals surface area contributed by atoms with Crippen molar-refractivity contribution in [2.45, 2.75) is 31.7 Å². The van der Waals surface area contributed by atoms with Crippen LogP contribution < -0.4 is 10.2 Å². The summed E-state index contributed by atoms with van der Waals surface area (Å²) in [7, 11) is 0. The molecule has 2 aliphatic heterocycles. The molecule has 26 heavy (non-hydrogen) atoms. The lowest BCUT2D eigenvalue weighted by molar-refractivity contribution is 0.0938. The highest BCUT2D eigenvalue weighted by atomic mass is 32.1. The van der Waals surface area contributed by atoms with E-state index in [0.29, 0.717) is 12.1 Å². The summed E-state index contributed by atoms with van der Waals surface area (Å²) in [5.74, 6) is 0.817. The number of pyridine rings is 1. The lowest BCUT2D eigenvalue weighted by atomic mass is 10.2. The fourth-order valence-electron chi connectivity index (χ4n) is 3.98. The van der Waals surface area contributed by atoms with Crippen LogP contribution in [0.25, 0.3) is 0 Å². The third kappa shape index (κ3) is 3.76. The predicted molar refractivity (Wildman–Crippen MR) is 106 cm³/mol. The van der Waals surface area contributed by atoms with Gasteiger partial charge in [0.1, 0.15) is 5.82 Å². The van der Waals surface area contributed by atoms with Gasteiger partial charge in [-0.05, 0) is 62.4 Å². The second-order valence-corrected chi connectivity index (χ2v) is 8.03. The maximum atomic E-state index is 12.9. The Morgan fingerprint density at radius 3 is 2.62 bits per heavy atom. The summed E-state index contributed by atoms with van der Waals surface area (Å²) in [5.41, 5.74) is 0.695. The average Bonchev–Trinajstić information content (AvgIpc) is 3.44. The number of nitrogens with zero attached hydrogens (tertiary/aromatic N) is 3. The van der Waals surface area contributed by atoms with Crippen LogP contribution in [0, 0.1) is 0 Å². The number of hydrogen-bond acceptors (Lipinski definition) is 5. The van der Waals surface area contributed by atoms with E-state index in [1.54, 1.807) is 17.5 Å². The molecule has 138 valence electrons. The fraction of sp³-hybridized carbons (Fsp3) is 0.500. The first-order valence-electron chi connectivity index (χ1n) is 9.58. The minimum atomic E-state index is -0.0132. The monoisotopic (exact) mass is 370 g/mol.